The molecular weight excluding hydrogens is 356 g/mol. The van der Waals surface area contributed by atoms with Crippen LogP contribution in [-0.2, 0) is 9.53 Å². The molecule has 3 aliphatic heterocycles. The van der Waals surface area contributed by atoms with Gasteiger partial charge in [0, 0.05) is 43.0 Å². The van der Waals surface area contributed by atoms with Crippen molar-refractivity contribution < 1.29 is 14.1 Å². The first-order chi connectivity index (χ1) is 13.6. The molecule has 28 heavy (non-hydrogen) atoms. The van der Waals surface area contributed by atoms with Crippen LogP contribution in [0, 0.1) is 11.3 Å². The number of carbonyl (C=O) groups excluding carboxylic acids is 1. The first-order valence-electron chi connectivity index (χ1n) is 11.1. The fourth-order valence-electron chi connectivity index (χ4n) is 5.11. The zero-order chi connectivity index (χ0) is 19.1. The number of ether oxygens (including phenoxy) is 1. The normalized spacial score (nSPS) is 33.2. The quantitative estimate of drug-likeness (QED) is 0.853. The first kappa shape index (κ1) is 18.6. The molecule has 1 amide bonds. The van der Waals surface area contributed by atoms with E-state index in [0.717, 1.165) is 89.5 Å². The highest BCUT2D eigenvalue weighted by atomic mass is 16.5. The lowest BCUT2D eigenvalue weighted by atomic mass is 9.85. The van der Waals surface area contributed by atoms with Crippen LogP contribution in [0.15, 0.2) is 4.52 Å². The third-order valence-electron chi connectivity index (χ3n) is 7.44. The number of nitrogens with zero attached hydrogens (tertiary/aromatic N) is 3. The number of aromatic nitrogens is 2. The van der Waals surface area contributed by atoms with Crippen molar-refractivity contribution in [1.29, 1.82) is 0 Å². The highest BCUT2D eigenvalue weighted by Crippen LogP contribution is 2.47. The lowest BCUT2D eigenvalue weighted by Gasteiger charge is -2.32. The predicted octanol–water partition coefficient (Wildman–Crippen LogP) is 2.45. The van der Waals surface area contributed by atoms with Crippen LogP contribution in [0.1, 0.15) is 75.4 Å². The van der Waals surface area contributed by atoms with Gasteiger partial charge < -0.3 is 19.5 Å². The van der Waals surface area contributed by atoms with Crippen molar-refractivity contribution in [2.75, 3.05) is 32.8 Å². The van der Waals surface area contributed by atoms with Gasteiger partial charge in [0.25, 0.3) is 0 Å². The Morgan fingerprint density at radius 3 is 2.71 bits per heavy atom. The Kier molecular flexibility index (Phi) is 4.91. The minimum atomic E-state index is -0.0674. The van der Waals surface area contributed by atoms with Gasteiger partial charge in [-0.3, -0.25) is 4.79 Å². The van der Waals surface area contributed by atoms with Crippen LogP contribution in [0.3, 0.4) is 0 Å². The molecule has 0 bridgehead atoms. The number of nitrogens with one attached hydrogen (secondary N) is 1. The molecule has 3 saturated heterocycles. The molecule has 1 saturated carbocycles. The highest BCUT2D eigenvalue weighted by molar-refractivity contribution is 5.85. The second-order valence-electron chi connectivity index (χ2n) is 9.52. The number of amides is 1. The summed E-state index contributed by atoms with van der Waals surface area (Å²) in [6.07, 6.45) is 7.23. The van der Waals surface area contributed by atoms with E-state index in [1.807, 2.05) is 4.90 Å². The SMILES string of the molecule is CC1(C(=O)N2CCC(c3noc(C4CCNC(C5CCOC5)C4)n3)CC2)CC1. The molecule has 1 aromatic heterocycles. The van der Waals surface area contributed by atoms with Gasteiger partial charge in [-0.15, -0.1) is 0 Å². The summed E-state index contributed by atoms with van der Waals surface area (Å²) in [5, 5.41) is 7.99. The van der Waals surface area contributed by atoms with Crippen LogP contribution >= 0.6 is 0 Å². The van der Waals surface area contributed by atoms with Crippen molar-refractivity contribution in [3.63, 3.8) is 0 Å². The molecule has 4 aliphatic rings. The van der Waals surface area contributed by atoms with Crippen LogP contribution in [-0.4, -0.2) is 59.8 Å². The predicted molar refractivity (Wildman–Crippen MR) is 103 cm³/mol. The first-order valence-corrected chi connectivity index (χ1v) is 11.1. The zero-order valence-electron chi connectivity index (χ0n) is 16.9. The Hall–Kier alpha value is -1.47. The summed E-state index contributed by atoms with van der Waals surface area (Å²) in [5.41, 5.74) is -0.0674. The van der Waals surface area contributed by atoms with E-state index >= 15 is 0 Å². The Labute approximate surface area is 166 Å². The summed E-state index contributed by atoms with van der Waals surface area (Å²) in [6, 6.07) is 0.495. The maximum Gasteiger partial charge on any atom is 0.229 e. The largest absolute Gasteiger partial charge is 0.381 e. The van der Waals surface area contributed by atoms with Gasteiger partial charge in [-0.25, -0.2) is 0 Å². The van der Waals surface area contributed by atoms with Gasteiger partial charge in [-0.05, 0) is 57.4 Å². The molecule has 0 spiro atoms. The van der Waals surface area contributed by atoms with Gasteiger partial charge in [-0.1, -0.05) is 12.1 Å². The minimum absolute atomic E-state index is 0.0674. The average Bonchev–Trinajstić information content (AvgIpc) is 3.17. The molecule has 1 N–H and O–H groups in total. The van der Waals surface area contributed by atoms with Gasteiger partial charge in [-0.2, -0.15) is 4.98 Å². The van der Waals surface area contributed by atoms with E-state index < -0.39 is 0 Å². The van der Waals surface area contributed by atoms with Crippen molar-refractivity contribution in [3.05, 3.63) is 11.7 Å². The summed E-state index contributed by atoms with van der Waals surface area (Å²) >= 11 is 0. The lowest BCUT2D eigenvalue weighted by molar-refractivity contribution is -0.137. The van der Waals surface area contributed by atoms with E-state index in [9.17, 15) is 4.79 Å². The third kappa shape index (κ3) is 3.59. The number of hydrogen-bond acceptors (Lipinski definition) is 6. The molecule has 4 fully saturated rings. The molecule has 1 aliphatic carbocycles. The smallest absolute Gasteiger partial charge is 0.229 e. The number of rotatable bonds is 4. The van der Waals surface area contributed by atoms with Gasteiger partial charge >= 0.3 is 0 Å². The number of piperidine rings is 2. The Bertz CT molecular complexity index is 702. The Balaban J connectivity index is 1.18. The van der Waals surface area contributed by atoms with Crippen molar-refractivity contribution in [3.8, 4) is 0 Å². The summed E-state index contributed by atoms with van der Waals surface area (Å²) < 4.78 is 11.3. The van der Waals surface area contributed by atoms with E-state index in [-0.39, 0.29) is 5.41 Å². The summed E-state index contributed by atoms with van der Waals surface area (Å²) in [5.74, 6) is 3.28. The van der Waals surface area contributed by atoms with Crippen LogP contribution < -0.4 is 5.32 Å². The average molecular weight is 389 g/mol. The second kappa shape index (κ2) is 7.41. The molecule has 3 unspecified atom stereocenters. The Morgan fingerprint density at radius 2 is 2.00 bits per heavy atom. The van der Waals surface area contributed by atoms with Crippen molar-refractivity contribution >= 4 is 5.91 Å². The standard InChI is InChI=1S/C21H32N4O3/c1-21(6-7-21)20(26)25-9-3-14(4-10-25)18-23-19(28-24-18)15-2-8-22-17(12-15)16-5-11-27-13-16/h14-17,22H,2-13H2,1H3. The molecule has 3 atom stereocenters. The molecule has 7 nitrogen and oxygen atoms in total. The van der Waals surface area contributed by atoms with Gasteiger partial charge in [0.05, 0.1) is 6.61 Å². The van der Waals surface area contributed by atoms with Crippen molar-refractivity contribution in [2.45, 2.75) is 69.7 Å². The molecule has 0 aromatic carbocycles. The number of hydrogen-bond donors (Lipinski definition) is 1. The van der Waals surface area contributed by atoms with Crippen LogP contribution in [0.4, 0.5) is 0 Å². The zero-order valence-corrected chi connectivity index (χ0v) is 16.9. The number of likely N-dealkylation sites (tertiary alicyclic amines) is 1. The summed E-state index contributed by atoms with van der Waals surface area (Å²) in [6.45, 7) is 6.49. The molecule has 7 heteroatoms. The maximum atomic E-state index is 12.5. The second-order valence-corrected chi connectivity index (χ2v) is 9.52. The Morgan fingerprint density at radius 1 is 1.18 bits per heavy atom. The van der Waals surface area contributed by atoms with Crippen LogP contribution in [0.5, 0.6) is 0 Å². The molecule has 1 aromatic rings. The minimum Gasteiger partial charge on any atom is -0.381 e. The van der Waals surface area contributed by atoms with Gasteiger partial charge in [0.2, 0.25) is 11.8 Å². The van der Waals surface area contributed by atoms with E-state index in [0.29, 0.717) is 29.7 Å². The van der Waals surface area contributed by atoms with Crippen LogP contribution in [0.25, 0.3) is 0 Å². The van der Waals surface area contributed by atoms with Crippen LogP contribution in [0.2, 0.25) is 0 Å². The molecule has 0 radical (unpaired) electrons. The summed E-state index contributed by atoms with van der Waals surface area (Å²) in [7, 11) is 0. The fraction of sp³-hybridized carbons (Fsp3) is 0.857. The molecule has 5 rings (SSSR count). The van der Waals surface area contributed by atoms with E-state index in [1.54, 1.807) is 0 Å². The number of carbonyl (C=O) groups is 1. The molecule has 4 heterocycles. The van der Waals surface area contributed by atoms with E-state index in [1.165, 1.54) is 0 Å². The highest BCUT2D eigenvalue weighted by Gasteiger charge is 2.47. The topological polar surface area (TPSA) is 80.5 Å². The molecule has 154 valence electrons. The fourth-order valence-corrected chi connectivity index (χ4v) is 5.11. The summed E-state index contributed by atoms with van der Waals surface area (Å²) in [4.78, 5) is 19.4. The van der Waals surface area contributed by atoms with Gasteiger partial charge in [0.1, 0.15) is 0 Å². The monoisotopic (exact) mass is 388 g/mol. The van der Waals surface area contributed by atoms with E-state index in [4.69, 9.17) is 14.2 Å². The molecular formula is C21H32N4O3. The maximum absolute atomic E-state index is 12.5. The van der Waals surface area contributed by atoms with Crippen molar-refractivity contribution in [1.82, 2.24) is 20.4 Å². The van der Waals surface area contributed by atoms with Gasteiger partial charge in [0.15, 0.2) is 5.82 Å². The van der Waals surface area contributed by atoms with E-state index in [2.05, 4.69) is 17.4 Å². The lowest BCUT2D eigenvalue weighted by Crippen LogP contribution is -2.42. The van der Waals surface area contributed by atoms with Crippen molar-refractivity contribution in [2.24, 2.45) is 11.3 Å². The third-order valence-corrected chi connectivity index (χ3v) is 7.44.